The minimum Gasteiger partial charge on any atom is -0.481 e. The van der Waals surface area contributed by atoms with Crippen LogP contribution in [0, 0.1) is 5.92 Å². The van der Waals surface area contributed by atoms with Crippen molar-refractivity contribution in [3.05, 3.63) is 35.0 Å². The molecule has 5 nitrogen and oxygen atoms in total. The van der Waals surface area contributed by atoms with Gasteiger partial charge in [0.1, 0.15) is 0 Å². The summed E-state index contributed by atoms with van der Waals surface area (Å²) in [5.74, 6) is -0.393. The van der Waals surface area contributed by atoms with E-state index in [2.05, 4.69) is 4.98 Å². The average molecular weight is 287 g/mol. The molecule has 0 fully saturated rings. The van der Waals surface area contributed by atoms with Gasteiger partial charge in [-0.2, -0.15) is 0 Å². The molecule has 0 aromatic carbocycles. The molecule has 1 aromatic rings. The van der Waals surface area contributed by atoms with Crippen molar-refractivity contribution in [1.82, 2.24) is 4.98 Å². The monoisotopic (exact) mass is 287 g/mol. The third kappa shape index (κ3) is 1.73. The summed E-state index contributed by atoms with van der Waals surface area (Å²) < 4.78 is 10.1. The normalized spacial score (nSPS) is 26.7. The maximum atomic E-state index is 12.9. The number of methoxy groups -OCH3 is 2. The van der Waals surface area contributed by atoms with E-state index < -0.39 is 11.4 Å². The summed E-state index contributed by atoms with van der Waals surface area (Å²) in [6.07, 6.45) is 2.81. The third-order valence-corrected chi connectivity index (χ3v) is 4.57. The summed E-state index contributed by atoms with van der Waals surface area (Å²) in [5, 5.41) is 0. The van der Waals surface area contributed by atoms with Crippen LogP contribution in [0.15, 0.2) is 23.8 Å². The van der Waals surface area contributed by atoms with Crippen molar-refractivity contribution in [3.8, 4) is 5.88 Å². The highest BCUT2D eigenvalue weighted by Gasteiger charge is 2.56. The smallest absolute Gasteiger partial charge is 0.324 e. The first-order valence-corrected chi connectivity index (χ1v) is 6.88. The lowest BCUT2D eigenvalue weighted by Gasteiger charge is -2.41. The number of ether oxygens (including phenoxy) is 2. The molecule has 0 aliphatic heterocycles. The first kappa shape index (κ1) is 13.8. The standard InChI is InChI=1S/C16H17NO4/c1-9-6-7-16(15(19)21-3)11-4-5-13(20-2)17-12(11)8-10(9)14(16)18/h4-6,10H,7-8H2,1-3H3. The second-order valence-electron chi connectivity index (χ2n) is 5.52. The van der Waals surface area contributed by atoms with Crippen LogP contribution in [-0.4, -0.2) is 31.0 Å². The van der Waals surface area contributed by atoms with Crippen LogP contribution >= 0.6 is 0 Å². The van der Waals surface area contributed by atoms with E-state index in [0.29, 0.717) is 24.3 Å². The van der Waals surface area contributed by atoms with Crippen LogP contribution in [0.3, 0.4) is 0 Å². The van der Waals surface area contributed by atoms with Gasteiger partial charge >= 0.3 is 5.97 Å². The molecule has 0 spiro atoms. The zero-order chi connectivity index (χ0) is 15.2. The predicted octanol–water partition coefficient (Wildman–Crippen LogP) is 1.59. The van der Waals surface area contributed by atoms with Crippen molar-refractivity contribution < 1.29 is 19.1 Å². The number of Topliss-reactive ketones (excluding diaryl/α,β-unsaturated/α-hetero) is 1. The zero-order valence-corrected chi connectivity index (χ0v) is 12.3. The van der Waals surface area contributed by atoms with Gasteiger partial charge in [-0.1, -0.05) is 17.7 Å². The van der Waals surface area contributed by atoms with E-state index in [1.165, 1.54) is 7.11 Å². The fourth-order valence-electron chi connectivity index (χ4n) is 3.36. The van der Waals surface area contributed by atoms with Gasteiger partial charge in [-0.3, -0.25) is 9.59 Å². The van der Waals surface area contributed by atoms with E-state index in [1.54, 1.807) is 19.2 Å². The molecule has 2 unspecified atom stereocenters. The van der Waals surface area contributed by atoms with Gasteiger partial charge in [0.2, 0.25) is 5.88 Å². The summed E-state index contributed by atoms with van der Waals surface area (Å²) >= 11 is 0. The Morgan fingerprint density at radius 2 is 2.14 bits per heavy atom. The van der Waals surface area contributed by atoms with Crippen LogP contribution in [0.1, 0.15) is 24.6 Å². The Hall–Kier alpha value is -2.17. The molecule has 0 saturated carbocycles. The fourth-order valence-corrected chi connectivity index (χ4v) is 3.36. The highest BCUT2D eigenvalue weighted by Crippen LogP contribution is 2.46. The minimum absolute atomic E-state index is 0.0752. The van der Waals surface area contributed by atoms with Crippen molar-refractivity contribution in [2.24, 2.45) is 5.92 Å². The van der Waals surface area contributed by atoms with Crippen LogP contribution < -0.4 is 4.74 Å². The summed E-state index contributed by atoms with van der Waals surface area (Å²) in [5.41, 5.74) is 1.15. The van der Waals surface area contributed by atoms with E-state index in [4.69, 9.17) is 9.47 Å². The highest BCUT2D eigenvalue weighted by atomic mass is 16.5. The second-order valence-corrected chi connectivity index (χ2v) is 5.52. The van der Waals surface area contributed by atoms with E-state index >= 15 is 0 Å². The van der Waals surface area contributed by atoms with Gasteiger partial charge in [-0.05, 0) is 18.9 Å². The van der Waals surface area contributed by atoms with Crippen molar-refractivity contribution >= 4 is 11.8 Å². The molecule has 2 aliphatic carbocycles. The molecule has 1 aromatic heterocycles. The number of esters is 1. The lowest BCUT2D eigenvalue weighted by molar-refractivity contribution is -0.154. The maximum Gasteiger partial charge on any atom is 0.324 e. The van der Waals surface area contributed by atoms with Gasteiger partial charge < -0.3 is 9.47 Å². The van der Waals surface area contributed by atoms with Crippen molar-refractivity contribution in [2.45, 2.75) is 25.2 Å². The van der Waals surface area contributed by atoms with Crippen LogP contribution in [0.4, 0.5) is 0 Å². The molecule has 2 bridgehead atoms. The number of hydrogen-bond acceptors (Lipinski definition) is 5. The van der Waals surface area contributed by atoms with E-state index in [-0.39, 0.29) is 11.7 Å². The molecule has 2 atom stereocenters. The first-order valence-electron chi connectivity index (χ1n) is 6.88. The topological polar surface area (TPSA) is 65.5 Å². The van der Waals surface area contributed by atoms with Gasteiger partial charge in [0, 0.05) is 18.4 Å². The molecule has 0 radical (unpaired) electrons. The molecule has 2 aliphatic rings. The van der Waals surface area contributed by atoms with E-state index in [0.717, 1.165) is 11.3 Å². The molecule has 0 amide bonds. The molecular weight excluding hydrogens is 270 g/mol. The molecule has 21 heavy (non-hydrogen) atoms. The van der Waals surface area contributed by atoms with Gasteiger partial charge in [0.15, 0.2) is 11.2 Å². The summed E-state index contributed by atoms with van der Waals surface area (Å²) in [7, 11) is 2.86. The maximum absolute atomic E-state index is 12.9. The molecule has 5 heteroatoms. The summed E-state index contributed by atoms with van der Waals surface area (Å²) in [6, 6.07) is 3.45. The Morgan fingerprint density at radius 1 is 1.38 bits per heavy atom. The van der Waals surface area contributed by atoms with Gasteiger partial charge in [-0.25, -0.2) is 4.98 Å². The van der Waals surface area contributed by atoms with Crippen LogP contribution in [-0.2, 0) is 26.2 Å². The number of hydrogen-bond donors (Lipinski definition) is 0. The molecular formula is C16H17NO4. The number of carbonyl (C=O) groups excluding carboxylic acids is 2. The van der Waals surface area contributed by atoms with Crippen LogP contribution in [0.25, 0.3) is 0 Å². The quantitative estimate of drug-likeness (QED) is 0.469. The Balaban J connectivity index is 2.25. The molecule has 0 N–H and O–H groups in total. The van der Waals surface area contributed by atoms with E-state index in [1.807, 2.05) is 13.0 Å². The minimum atomic E-state index is -1.24. The van der Waals surface area contributed by atoms with Crippen LogP contribution in [0.5, 0.6) is 5.88 Å². The average Bonchev–Trinajstić information content (AvgIpc) is 2.50. The Bertz CT molecular complexity index is 664. The Labute approximate surface area is 123 Å². The van der Waals surface area contributed by atoms with Gasteiger partial charge in [-0.15, -0.1) is 0 Å². The molecule has 3 rings (SSSR count). The number of fused-ring (bicyclic) bond motifs is 4. The molecule has 0 saturated heterocycles. The number of aromatic nitrogens is 1. The number of allylic oxidation sites excluding steroid dienone is 2. The van der Waals surface area contributed by atoms with Gasteiger partial charge in [0.25, 0.3) is 0 Å². The number of pyridine rings is 1. The number of carbonyl (C=O) groups is 2. The number of rotatable bonds is 2. The lowest BCUT2D eigenvalue weighted by Crippen LogP contribution is -2.53. The third-order valence-electron chi connectivity index (χ3n) is 4.57. The lowest BCUT2D eigenvalue weighted by atomic mass is 9.60. The van der Waals surface area contributed by atoms with Crippen molar-refractivity contribution in [3.63, 3.8) is 0 Å². The second kappa shape index (κ2) is 4.69. The van der Waals surface area contributed by atoms with Crippen LogP contribution in [0.2, 0.25) is 0 Å². The summed E-state index contributed by atoms with van der Waals surface area (Å²) in [6.45, 7) is 1.93. The predicted molar refractivity (Wildman–Crippen MR) is 75.1 cm³/mol. The SMILES string of the molecule is COC(=O)C12CC=C(C)C(Cc3nc(OC)ccc31)C2=O. The van der Waals surface area contributed by atoms with E-state index in [9.17, 15) is 9.59 Å². The zero-order valence-electron chi connectivity index (χ0n) is 12.3. The largest absolute Gasteiger partial charge is 0.481 e. The number of ketones is 1. The Kier molecular flexibility index (Phi) is 3.08. The van der Waals surface area contributed by atoms with Crippen molar-refractivity contribution in [2.75, 3.05) is 14.2 Å². The first-order chi connectivity index (χ1) is 10.0. The highest BCUT2D eigenvalue weighted by molar-refractivity contribution is 6.13. The molecule has 1 heterocycles. The molecule has 110 valence electrons. The summed E-state index contributed by atoms with van der Waals surface area (Å²) in [4.78, 5) is 29.7. The van der Waals surface area contributed by atoms with Gasteiger partial charge in [0.05, 0.1) is 19.9 Å². The van der Waals surface area contributed by atoms with Crippen molar-refractivity contribution in [1.29, 1.82) is 0 Å². The number of nitrogens with zero attached hydrogens (tertiary/aromatic N) is 1. The fraction of sp³-hybridized carbons (Fsp3) is 0.438. The Morgan fingerprint density at radius 3 is 2.81 bits per heavy atom.